The first kappa shape index (κ1) is 27.4. The third kappa shape index (κ3) is 10.1. The van der Waals surface area contributed by atoms with Gasteiger partial charge in [0, 0.05) is 14.2 Å². The fourth-order valence-electron chi connectivity index (χ4n) is 2.48. The predicted molar refractivity (Wildman–Crippen MR) is 122 cm³/mol. The van der Waals surface area contributed by atoms with E-state index >= 15 is 0 Å². The molecule has 178 valence electrons. The maximum absolute atomic E-state index is 12.3. The van der Waals surface area contributed by atoms with Crippen molar-refractivity contribution in [1.29, 1.82) is 0 Å². The summed E-state index contributed by atoms with van der Waals surface area (Å²) in [5, 5.41) is 12.1. The highest BCUT2D eigenvalue weighted by Gasteiger charge is 2.20. The van der Waals surface area contributed by atoms with Crippen LogP contribution in [0.15, 0.2) is 53.4 Å². The van der Waals surface area contributed by atoms with Gasteiger partial charge in [-0.25, -0.2) is 4.79 Å². The molecule has 32 heavy (non-hydrogen) atoms. The summed E-state index contributed by atoms with van der Waals surface area (Å²) in [5.41, 5.74) is 1.11. The lowest BCUT2D eigenvalue weighted by atomic mass is 10.1. The van der Waals surface area contributed by atoms with Crippen molar-refractivity contribution in [3.05, 3.63) is 59.7 Å². The molecule has 1 unspecified atom stereocenters. The van der Waals surface area contributed by atoms with E-state index in [0.717, 1.165) is 11.1 Å². The van der Waals surface area contributed by atoms with Gasteiger partial charge in [-0.2, -0.15) is 8.42 Å². The first-order valence-corrected chi connectivity index (χ1v) is 11.4. The zero-order chi connectivity index (χ0) is 24.4. The second kappa shape index (κ2) is 12.4. The van der Waals surface area contributed by atoms with E-state index in [-0.39, 0.29) is 17.3 Å². The SMILES string of the molecule is COC.Cc1ccc(S(=O)(=O)Oc2ccc(CC(CO)NC(=O)OC(C)(C)C)cc2)cc1. The van der Waals surface area contributed by atoms with Crippen LogP contribution in [0, 0.1) is 6.92 Å². The summed E-state index contributed by atoms with van der Waals surface area (Å²) in [6.45, 7) is 6.87. The Labute approximate surface area is 190 Å². The molecular formula is C23H33NO7S. The Hall–Kier alpha value is -2.62. The number of rotatable bonds is 7. The molecule has 0 aliphatic rings. The monoisotopic (exact) mass is 467 g/mol. The molecule has 2 N–H and O–H groups in total. The molecule has 8 nitrogen and oxygen atoms in total. The van der Waals surface area contributed by atoms with Gasteiger partial charge in [-0.1, -0.05) is 29.8 Å². The number of alkyl carbamates (subject to hydrolysis) is 1. The average Bonchev–Trinajstić information content (AvgIpc) is 2.68. The third-order valence-corrected chi connectivity index (χ3v) is 5.12. The van der Waals surface area contributed by atoms with E-state index in [9.17, 15) is 18.3 Å². The smallest absolute Gasteiger partial charge is 0.407 e. The van der Waals surface area contributed by atoms with Crippen molar-refractivity contribution in [2.75, 3.05) is 20.8 Å². The molecule has 1 amide bonds. The number of aliphatic hydroxyl groups is 1. The standard InChI is InChI=1S/C21H27NO6S.C2H6O/c1-15-5-11-19(12-6-15)29(25,26)28-18-9-7-16(8-10-18)13-17(14-23)22-20(24)27-21(2,3)4;1-3-2/h5-12,17,23H,13-14H2,1-4H3,(H,22,24);1-2H3. The van der Waals surface area contributed by atoms with Gasteiger partial charge in [0.25, 0.3) is 0 Å². The molecule has 0 saturated heterocycles. The van der Waals surface area contributed by atoms with Gasteiger partial charge in [0.15, 0.2) is 0 Å². The van der Waals surface area contributed by atoms with Crippen molar-refractivity contribution in [1.82, 2.24) is 5.32 Å². The summed E-state index contributed by atoms with van der Waals surface area (Å²) in [6, 6.07) is 12.3. The molecule has 0 spiro atoms. The molecule has 0 heterocycles. The molecule has 0 fully saturated rings. The van der Waals surface area contributed by atoms with Crippen LogP contribution in [0.25, 0.3) is 0 Å². The lowest BCUT2D eigenvalue weighted by Crippen LogP contribution is -2.42. The summed E-state index contributed by atoms with van der Waals surface area (Å²) in [6.07, 6.45) is -0.263. The normalized spacial score (nSPS) is 12.2. The number of aryl methyl sites for hydroxylation is 1. The van der Waals surface area contributed by atoms with E-state index in [4.69, 9.17) is 8.92 Å². The molecule has 0 bridgehead atoms. The van der Waals surface area contributed by atoms with Crippen molar-refractivity contribution < 1.29 is 32.0 Å². The van der Waals surface area contributed by atoms with Gasteiger partial charge in [0.2, 0.25) is 0 Å². The number of aliphatic hydroxyl groups excluding tert-OH is 1. The minimum atomic E-state index is -3.92. The summed E-state index contributed by atoms with van der Waals surface area (Å²) in [7, 11) is -0.668. The van der Waals surface area contributed by atoms with E-state index in [2.05, 4.69) is 10.1 Å². The average molecular weight is 468 g/mol. The van der Waals surface area contributed by atoms with Gasteiger partial charge in [0.1, 0.15) is 16.2 Å². The van der Waals surface area contributed by atoms with Gasteiger partial charge in [-0.05, 0) is 63.9 Å². The summed E-state index contributed by atoms with van der Waals surface area (Å²) in [4.78, 5) is 11.9. The Kier molecular flexibility index (Phi) is 10.6. The Morgan fingerprint density at radius 1 is 1.03 bits per heavy atom. The number of amides is 1. The first-order valence-electron chi connectivity index (χ1n) is 10.0. The molecular weight excluding hydrogens is 434 g/mol. The zero-order valence-corrected chi connectivity index (χ0v) is 20.2. The highest BCUT2D eigenvalue weighted by molar-refractivity contribution is 7.87. The van der Waals surface area contributed by atoms with E-state index in [1.54, 1.807) is 59.3 Å². The number of hydrogen-bond donors (Lipinski definition) is 2. The number of carbonyl (C=O) groups is 1. The van der Waals surface area contributed by atoms with E-state index in [1.807, 2.05) is 6.92 Å². The van der Waals surface area contributed by atoms with Crippen molar-refractivity contribution in [3.63, 3.8) is 0 Å². The van der Waals surface area contributed by atoms with Crippen molar-refractivity contribution in [2.45, 2.75) is 50.7 Å². The van der Waals surface area contributed by atoms with Crippen LogP contribution in [0.4, 0.5) is 4.79 Å². The molecule has 0 aliphatic carbocycles. The maximum atomic E-state index is 12.3. The lowest BCUT2D eigenvalue weighted by Gasteiger charge is -2.22. The van der Waals surface area contributed by atoms with Crippen LogP contribution < -0.4 is 9.50 Å². The quantitative estimate of drug-likeness (QED) is 0.600. The highest BCUT2D eigenvalue weighted by Crippen LogP contribution is 2.20. The number of carbonyl (C=O) groups excluding carboxylic acids is 1. The van der Waals surface area contributed by atoms with Gasteiger partial charge in [-0.3, -0.25) is 0 Å². The predicted octanol–water partition coefficient (Wildman–Crippen LogP) is 3.45. The lowest BCUT2D eigenvalue weighted by molar-refractivity contribution is 0.0483. The second-order valence-electron chi connectivity index (χ2n) is 8.13. The Bertz CT molecular complexity index is 934. The van der Waals surface area contributed by atoms with Crippen LogP contribution in [0.5, 0.6) is 5.75 Å². The minimum Gasteiger partial charge on any atom is -0.444 e. The van der Waals surface area contributed by atoms with Crippen LogP contribution in [-0.4, -0.2) is 52.1 Å². The van der Waals surface area contributed by atoms with E-state index in [0.29, 0.717) is 6.42 Å². The van der Waals surface area contributed by atoms with Gasteiger partial charge >= 0.3 is 16.2 Å². The summed E-state index contributed by atoms with van der Waals surface area (Å²) >= 11 is 0. The maximum Gasteiger partial charge on any atom is 0.407 e. The van der Waals surface area contributed by atoms with Crippen LogP contribution >= 0.6 is 0 Å². The summed E-state index contributed by atoms with van der Waals surface area (Å²) < 4.78 is 39.3. The molecule has 2 aromatic rings. The fourth-order valence-corrected chi connectivity index (χ4v) is 3.41. The Balaban J connectivity index is 0.00000161. The van der Waals surface area contributed by atoms with Crippen LogP contribution in [0.3, 0.4) is 0 Å². The Morgan fingerprint density at radius 2 is 1.56 bits per heavy atom. The van der Waals surface area contributed by atoms with Crippen LogP contribution in [0.2, 0.25) is 0 Å². The highest BCUT2D eigenvalue weighted by atomic mass is 32.2. The van der Waals surface area contributed by atoms with Crippen LogP contribution in [0.1, 0.15) is 31.9 Å². The number of nitrogens with one attached hydrogen (secondary N) is 1. The fraction of sp³-hybridized carbons (Fsp3) is 0.435. The molecule has 0 aliphatic heterocycles. The van der Waals surface area contributed by atoms with Crippen LogP contribution in [-0.2, 0) is 26.0 Å². The molecule has 9 heteroatoms. The molecule has 1 atom stereocenters. The largest absolute Gasteiger partial charge is 0.444 e. The minimum absolute atomic E-state index is 0.0779. The molecule has 0 radical (unpaired) electrons. The second-order valence-corrected chi connectivity index (χ2v) is 9.68. The Morgan fingerprint density at radius 3 is 2.03 bits per heavy atom. The van der Waals surface area contributed by atoms with E-state index in [1.165, 1.54) is 24.3 Å². The van der Waals surface area contributed by atoms with Gasteiger partial charge < -0.3 is 24.1 Å². The van der Waals surface area contributed by atoms with Gasteiger partial charge in [-0.15, -0.1) is 0 Å². The number of methoxy groups -OCH3 is 1. The molecule has 2 aromatic carbocycles. The van der Waals surface area contributed by atoms with Gasteiger partial charge in [0.05, 0.1) is 12.6 Å². The van der Waals surface area contributed by atoms with Crippen molar-refractivity contribution in [2.24, 2.45) is 0 Å². The van der Waals surface area contributed by atoms with E-state index < -0.39 is 27.9 Å². The topological polar surface area (TPSA) is 111 Å². The van der Waals surface area contributed by atoms with Crippen molar-refractivity contribution in [3.8, 4) is 5.75 Å². The number of hydrogen-bond acceptors (Lipinski definition) is 7. The molecule has 0 saturated carbocycles. The number of benzene rings is 2. The van der Waals surface area contributed by atoms with Crippen molar-refractivity contribution >= 4 is 16.2 Å². The molecule has 0 aromatic heterocycles. The first-order chi connectivity index (χ1) is 14.9. The third-order valence-electron chi connectivity index (χ3n) is 3.86. The zero-order valence-electron chi connectivity index (χ0n) is 19.4. The molecule has 2 rings (SSSR count). The summed E-state index contributed by atoms with van der Waals surface area (Å²) in [5.74, 6) is 0.176. The number of ether oxygens (including phenoxy) is 2.